The summed E-state index contributed by atoms with van der Waals surface area (Å²) in [5, 5.41) is 2.40. The fourth-order valence-corrected chi connectivity index (χ4v) is 1.03. The van der Waals surface area contributed by atoms with Crippen LogP contribution in [0, 0.1) is 17.5 Å². The first-order valence-corrected chi connectivity index (χ1v) is 4.51. The molecule has 0 heterocycles. The Bertz CT molecular complexity index is 406. The minimum absolute atomic E-state index is 0.0624. The van der Waals surface area contributed by atoms with Crippen molar-refractivity contribution in [3.63, 3.8) is 0 Å². The summed E-state index contributed by atoms with van der Waals surface area (Å²) in [7, 11) is 0. The van der Waals surface area contributed by atoms with E-state index in [4.69, 9.17) is 5.84 Å². The number of nitrogens with zero attached hydrogens (tertiary/aromatic N) is 1. The first-order valence-electron chi connectivity index (χ1n) is 4.51. The lowest BCUT2D eigenvalue weighted by Gasteiger charge is -2.09. The standard InChI is InChI=1S/C9H11F3N4/c1-2-14-9(16-13)15-8-4-6(11)5(10)3-7(8)12/h3-4H,2,13H2,1H3,(H2,14,15,16). The van der Waals surface area contributed by atoms with Gasteiger partial charge < -0.3 is 5.32 Å². The molecule has 16 heavy (non-hydrogen) atoms. The zero-order valence-electron chi connectivity index (χ0n) is 8.52. The highest BCUT2D eigenvalue weighted by molar-refractivity contribution is 5.93. The molecular formula is C9H11F3N4. The van der Waals surface area contributed by atoms with Crippen LogP contribution in [0.2, 0.25) is 0 Å². The highest BCUT2D eigenvalue weighted by Crippen LogP contribution is 2.18. The van der Waals surface area contributed by atoms with Crippen molar-refractivity contribution in [1.29, 1.82) is 0 Å². The lowest BCUT2D eigenvalue weighted by molar-refractivity contribution is 0.496. The molecule has 0 saturated heterocycles. The highest BCUT2D eigenvalue weighted by Gasteiger charge is 2.10. The number of guanidine groups is 1. The molecule has 0 amide bonds. The summed E-state index contributed by atoms with van der Waals surface area (Å²) in [4.78, 5) is 3.82. The number of aliphatic imine (C=N–C) groups is 1. The number of nitrogens with two attached hydrogens (primary N) is 1. The number of anilines is 1. The van der Waals surface area contributed by atoms with Gasteiger partial charge in [-0.3, -0.25) is 10.4 Å². The predicted octanol–water partition coefficient (Wildman–Crippen LogP) is 1.35. The Morgan fingerprint density at radius 3 is 2.44 bits per heavy atom. The minimum atomic E-state index is -1.25. The third kappa shape index (κ3) is 2.86. The maximum Gasteiger partial charge on any atom is 0.210 e. The van der Waals surface area contributed by atoms with Gasteiger partial charge in [-0.1, -0.05) is 0 Å². The zero-order valence-corrected chi connectivity index (χ0v) is 8.52. The van der Waals surface area contributed by atoms with Crippen molar-refractivity contribution >= 4 is 11.6 Å². The van der Waals surface area contributed by atoms with Gasteiger partial charge in [0.1, 0.15) is 5.82 Å². The third-order valence-electron chi connectivity index (χ3n) is 1.72. The van der Waals surface area contributed by atoms with Crippen molar-refractivity contribution < 1.29 is 13.2 Å². The smallest absolute Gasteiger partial charge is 0.210 e. The summed E-state index contributed by atoms with van der Waals surface area (Å²) in [5.41, 5.74) is 1.92. The molecule has 0 aliphatic rings. The topological polar surface area (TPSA) is 62.4 Å². The van der Waals surface area contributed by atoms with E-state index in [9.17, 15) is 13.2 Å². The lowest BCUT2D eigenvalue weighted by atomic mass is 10.3. The SMILES string of the molecule is CCN=C(NN)Nc1cc(F)c(F)cc1F. The first kappa shape index (κ1) is 12.3. The van der Waals surface area contributed by atoms with E-state index in [1.807, 2.05) is 0 Å². The average Bonchev–Trinajstić information content (AvgIpc) is 2.25. The maximum atomic E-state index is 13.2. The normalized spacial score (nSPS) is 11.4. The summed E-state index contributed by atoms with van der Waals surface area (Å²) in [6, 6.07) is 1.13. The third-order valence-corrected chi connectivity index (χ3v) is 1.72. The van der Waals surface area contributed by atoms with Gasteiger partial charge in [-0.15, -0.1) is 0 Å². The summed E-state index contributed by atoms with van der Waals surface area (Å²) in [6.07, 6.45) is 0. The van der Waals surface area contributed by atoms with Crippen molar-refractivity contribution in [3.8, 4) is 0 Å². The maximum absolute atomic E-state index is 13.2. The van der Waals surface area contributed by atoms with Gasteiger partial charge in [0.15, 0.2) is 11.6 Å². The summed E-state index contributed by atoms with van der Waals surface area (Å²) >= 11 is 0. The Balaban J connectivity index is 2.97. The van der Waals surface area contributed by atoms with E-state index < -0.39 is 17.5 Å². The Morgan fingerprint density at radius 2 is 1.88 bits per heavy atom. The second kappa shape index (κ2) is 5.36. The Kier molecular flexibility index (Phi) is 4.12. The van der Waals surface area contributed by atoms with Crippen LogP contribution in [0.4, 0.5) is 18.9 Å². The zero-order chi connectivity index (χ0) is 12.1. The van der Waals surface area contributed by atoms with Crippen molar-refractivity contribution in [2.24, 2.45) is 10.8 Å². The van der Waals surface area contributed by atoms with Crippen LogP contribution < -0.4 is 16.6 Å². The van der Waals surface area contributed by atoms with E-state index in [-0.39, 0.29) is 11.6 Å². The van der Waals surface area contributed by atoms with E-state index in [1.54, 1.807) is 6.92 Å². The number of rotatable bonds is 2. The molecule has 0 fully saturated rings. The van der Waals surface area contributed by atoms with Gasteiger partial charge in [-0.25, -0.2) is 19.0 Å². The Hall–Kier alpha value is -1.76. The average molecular weight is 232 g/mol. The second-order valence-electron chi connectivity index (χ2n) is 2.84. The molecule has 1 aromatic rings. The number of hydrogen-bond acceptors (Lipinski definition) is 2. The quantitative estimate of drug-likeness (QED) is 0.237. The molecule has 0 radical (unpaired) electrons. The molecule has 0 bridgehead atoms. The van der Waals surface area contributed by atoms with E-state index in [1.165, 1.54) is 0 Å². The van der Waals surface area contributed by atoms with Gasteiger partial charge in [-0.05, 0) is 6.92 Å². The molecule has 0 aromatic heterocycles. The second-order valence-corrected chi connectivity index (χ2v) is 2.84. The molecule has 0 atom stereocenters. The molecule has 1 rings (SSSR count). The summed E-state index contributed by atoms with van der Waals surface area (Å²) in [5.74, 6) is 1.81. The van der Waals surface area contributed by atoms with Gasteiger partial charge >= 0.3 is 0 Å². The Morgan fingerprint density at radius 1 is 1.25 bits per heavy atom. The number of nitrogens with one attached hydrogen (secondary N) is 2. The fourth-order valence-electron chi connectivity index (χ4n) is 1.03. The van der Waals surface area contributed by atoms with Crippen molar-refractivity contribution in [3.05, 3.63) is 29.6 Å². The van der Waals surface area contributed by atoms with Crippen molar-refractivity contribution in [2.45, 2.75) is 6.92 Å². The van der Waals surface area contributed by atoms with Crippen molar-refractivity contribution in [2.75, 3.05) is 11.9 Å². The summed E-state index contributed by atoms with van der Waals surface area (Å²) < 4.78 is 38.6. The molecule has 1 aromatic carbocycles. The van der Waals surface area contributed by atoms with Crippen LogP contribution in [0.15, 0.2) is 17.1 Å². The number of benzene rings is 1. The fraction of sp³-hybridized carbons (Fsp3) is 0.222. The molecule has 0 saturated carbocycles. The van der Waals surface area contributed by atoms with Crippen LogP contribution >= 0.6 is 0 Å². The van der Waals surface area contributed by atoms with Crippen LogP contribution in [-0.2, 0) is 0 Å². The lowest BCUT2D eigenvalue weighted by Crippen LogP contribution is -2.36. The molecule has 0 aliphatic carbocycles. The van der Waals surface area contributed by atoms with Crippen molar-refractivity contribution in [1.82, 2.24) is 5.43 Å². The van der Waals surface area contributed by atoms with Gasteiger partial charge in [-0.2, -0.15) is 0 Å². The first-order chi connectivity index (χ1) is 7.58. The molecule has 4 N–H and O–H groups in total. The summed E-state index contributed by atoms with van der Waals surface area (Å²) in [6.45, 7) is 2.14. The van der Waals surface area contributed by atoms with Crippen LogP contribution in [-0.4, -0.2) is 12.5 Å². The predicted molar refractivity (Wildman–Crippen MR) is 55.2 cm³/mol. The van der Waals surface area contributed by atoms with Crippen LogP contribution in [0.25, 0.3) is 0 Å². The molecule has 4 nitrogen and oxygen atoms in total. The molecule has 7 heteroatoms. The Labute approximate surface area is 90.3 Å². The van der Waals surface area contributed by atoms with Gasteiger partial charge in [0.2, 0.25) is 5.96 Å². The van der Waals surface area contributed by atoms with E-state index in [0.717, 1.165) is 0 Å². The number of hydrogen-bond donors (Lipinski definition) is 3. The minimum Gasteiger partial charge on any atom is -0.323 e. The van der Waals surface area contributed by atoms with Crippen LogP contribution in [0.1, 0.15) is 6.92 Å². The monoisotopic (exact) mass is 232 g/mol. The molecule has 0 unspecified atom stereocenters. The molecule has 0 spiro atoms. The van der Waals surface area contributed by atoms with Crippen LogP contribution in [0.3, 0.4) is 0 Å². The van der Waals surface area contributed by atoms with E-state index in [2.05, 4.69) is 15.7 Å². The number of hydrazine groups is 1. The molecular weight excluding hydrogens is 221 g/mol. The molecule has 0 aliphatic heterocycles. The van der Waals surface area contributed by atoms with Gasteiger partial charge in [0, 0.05) is 18.7 Å². The van der Waals surface area contributed by atoms with E-state index >= 15 is 0 Å². The van der Waals surface area contributed by atoms with Gasteiger partial charge in [0.25, 0.3) is 0 Å². The van der Waals surface area contributed by atoms with Gasteiger partial charge in [0.05, 0.1) is 5.69 Å². The molecule has 88 valence electrons. The number of halogens is 3. The highest BCUT2D eigenvalue weighted by atomic mass is 19.2. The van der Waals surface area contributed by atoms with E-state index in [0.29, 0.717) is 18.7 Å². The van der Waals surface area contributed by atoms with Crippen LogP contribution in [0.5, 0.6) is 0 Å². The largest absolute Gasteiger partial charge is 0.323 e.